The van der Waals surface area contributed by atoms with Crippen molar-refractivity contribution in [3.63, 3.8) is 0 Å². The van der Waals surface area contributed by atoms with Crippen LogP contribution in [0.15, 0.2) is 0 Å². The molecular formula is C13H26N2O. The van der Waals surface area contributed by atoms with Gasteiger partial charge in [0, 0.05) is 25.7 Å². The average Bonchev–Trinajstić information content (AvgIpc) is 2.30. The summed E-state index contributed by atoms with van der Waals surface area (Å²) in [5.74, 6) is 0.661. The molecule has 0 aromatic rings. The van der Waals surface area contributed by atoms with Crippen LogP contribution in [0.25, 0.3) is 0 Å². The maximum atomic E-state index is 6.18. The van der Waals surface area contributed by atoms with Crippen LogP contribution in [0.2, 0.25) is 0 Å². The van der Waals surface area contributed by atoms with Crippen LogP contribution in [-0.2, 0) is 4.74 Å². The van der Waals surface area contributed by atoms with Gasteiger partial charge in [-0.05, 0) is 25.3 Å². The van der Waals surface area contributed by atoms with E-state index in [-0.39, 0.29) is 5.60 Å². The van der Waals surface area contributed by atoms with Crippen LogP contribution in [0.5, 0.6) is 0 Å². The molecule has 0 aromatic carbocycles. The third-order valence-corrected chi connectivity index (χ3v) is 4.24. The van der Waals surface area contributed by atoms with Crippen LogP contribution in [0.3, 0.4) is 0 Å². The zero-order chi connectivity index (χ0) is 11.6. The van der Waals surface area contributed by atoms with Gasteiger partial charge in [-0.3, -0.25) is 0 Å². The summed E-state index contributed by atoms with van der Waals surface area (Å²) in [6.45, 7) is 12.3. The lowest BCUT2D eigenvalue weighted by Crippen LogP contribution is -2.63. The van der Waals surface area contributed by atoms with E-state index in [2.05, 4.69) is 31.0 Å². The van der Waals surface area contributed by atoms with E-state index < -0.39 is 0 Å². The van der Waals surface area contributed by atoms with Gasteiger partial charge in [-0.25, -0.2) is 0 Å². The van der Waals surface area contributed by atoms with Gasteiger partial charge in [-0.1, -0.05) is 20.8 Å². The van der Waals surface area contributed by atoms with Gasteiger partial charge in [-0.15, -0.1) is 0 Å². The molecule has 0 aliphatic carbocycles. The summed E-state index contributed by atoms with van der Waals surface area (Å²) in [4.78, 5) is 2.53. The Labute approximate surface area is 99.5 Å². The van der Waals surface area contributed by atoms with Crippen LogP contribution < -0.4 is 5.32 Å². The lowest BCUT2D eigenvalue weighted by molar-refractivity contribution is -0.136. The smallest absolute Gasteiger partial charge is 0.0862 e. The molecule has 1 spiro atoms. The zero-order valence-corrected chi connectivity index (χ0v) is 11.0. The second-order valence-electron chi connectivity index (χ2n) is 5.52. The fourth-order valence-corrected chi connectivity index (χ4v) is 3.29. The molecule has 0 bridgehead atoms. The molecule has 94 valence electrons. The Morgan fingerprint density at radius 3 is 2.62 bits per heavy atom. The van der Waals surface area contributed by atoms with Crippen LogP contribution >= 0.6 is 0 Å². The van der Waals surface area contributed by atoms with Crippen molar-refractivity contribution in [3.05, 3.63) is 0 Å². The van der Waals surface area contributed by atoms with E-state index in [1.165, 1.54) is 32.5 Å². The molecule has 1 unspecified atom stereocenters. The predicted octanol–water partition coefficient (Wildman–Crippen LogP) is 1.49. The molecule has 0 aromatic heterocycles. The van der Waals surface area contributed by atoms with Crippen molar-refractivity contribution >= 4 is 0 Å². The SMILES string of the molecule is CCN1CCC2(CC1)OCCNC2C(C)C. The Kier molecular flexibility index (Phi) is 3.88. The van der Waals surface area contributed by atoms with Crippen molar-refractivity contribution in [1.82, 2.24) is 10.2 Å². The number of hydrogen-bond acceptors (Lipinski definition) is 3. The summed E-state index contributed by atoms with van der Waals surface area (Å²) in [6.07, 6.45) is 2.38. The molecule has 1 atom stereocenters. The third-order valence-electron chi connectivity index (χ3n) is 4.24. The van der Waals surface area contributed by atoms with Crippen LogP contribution in [-0.4, -0.2) is 49.3 Å². The second kappa shape index (κ2) is 5.03. The van der Waals surface area contributed by atoms with Crippen molar-refractivity contribution < 1.29 is 4.74 Å². The number of nitrogens with one attached hydrogen (secondary N) is 1. The number of ether oxygens (including phenoxy) is 1. The molecule has 16 heavy (non-hydrogen) atoms. The minimum absolute atomic E-state index is 0.123. The summed E-state index contributed by atoms with van der Waals surface area (Å²) in [5.41, 5.74) is 0.123. The van der Waals surface area contributed by atoms with Crippen LogP contribution in [0.4, 0.5) is 0 Å². The van der Waals surface area contributed by atoms with E-state index in [9.17, 15) is 0 Å². The molecule has 2 aliphatic heterocycles. The first-order valence-electron chi connectivity index (χ1n) is 6.77. The average molecular weight is 226 g/mol. The van der Waals surface area contributed by atoms with Gasteiger partial charge < -0.3 is 15.0 Å². The number of nitrogens with zero attached hydrogens (tertiary/aromatic N) is 1. The van der Waals surface area contributed by atoms with Gasteiger partial charge >= 0.3 is 0 Å². The van der Waals surface area contributed by atoms with Crippen molar-refractivity contribution in [2.45, 2.75) is 45.3 Å². The second-order valence-corrected chi connectivity index (χ2v) is 5.52. The van der Waals surface area contributed by atoms with Gasteiger partial charge in [0.25, 0.3) is 0 Å². The van der Waals surface area contributed by atoms with Crippen molar-refractivity contribution in [2.75, 3.05) is 32.8 Å². The van der Waals surface area contributed by atoms with Crippen molar-refractivity contribution in [3.8, 4) is 0 Å². The highest BCUT2D eigenvalue weighted by molar-refractivity contribution is 5.00. The lowest BCUT2D eigenvalue weighted by Gasteiger charge is -2.50. The first-order chi connectivity index (χ1) is 7.68. The normalized spacial score (nSPS) is 31.1. The van der Waals surface area contributed by atoms with Crippen LogP contribution in [0.1, 0.15) is 33.6 Å². The van der Waals surface area contributed by atoms with E-state index in [1.54, 1.807) is 0 Å². The minimum atomic E-state index is 0.123. The Bertz CT molecular complexity index is 222. The van der Waals surface area contributed by atoms with Gasteiger partial charge in [-0.2, -0.15) is 0 Å². The maximum Gasteiger partial charge on any atom is 0.0862 e. The van der Waals surface area contributed by atoms with E-state index in [0.717, 1.165) is 13.2 Å². The highest BCUT2D eigenvalue weighted by Crippen LogP contribution is 2.34. The Morgan fingerprint density at radius 2 is 2.06 bits per heavy atom. The molecule has 2 fully saturated rings. The first-order valence-corrected chi connectivity index (χ1v) is 6.77. The fourth-order valence-electron chi connectivity index (χ4n) is 3.29. The summed E-state index contributed by atoms with van der Waals surface area (Å²) in [6, 6.07) is 0.542. The summed E-state index contributed by atoms with van der Waals surface area (Å²) >= 11 is 0. The zero-order valence-electron chi connectivity index (χ0n) is 11.0. The number of rotatable bonds is 2. The van der Waals surface area contributed by atoms with Gasteiger partial charge in [0.1, 0.15) is 0 Å². The highest BCUT2D eigenvalue weighted by atomic mass is 16.5. The third kappa shape index (κ3) is 2.27. The lowest BCUT2D eigenvalue weighted by atomic mass is 9.78. The molecular weight excluding hydrogens is 200 g/mol. The van der Waals surface area contributed by atoms with E-state index in [1.807, 2.05) is 0 Å². The van der Waals surface area contributed by atoms with Crippen LogP contribution in [0, 0.1) is 5.92 Å². The molecule has 1 N–H and O–H groups in total. The fraction of sp³-hybridized carbons (Fsp3) is 1.00. The maximum absolute atomic E-state index is 6.18. The molecule has 3 nitrogen and oxygen atoms in total. The largest absolute Gasteiger partial charge is 0.372 e. The molecule has 3 heteroatoms. The van der Waals surface area contributed by atoms with Gasteiger partial charge in [0.05, 0.1) is 12.2 Å². The Hall–Kier alpha value is -0.120. The highest BCUT2D eigenvalue weighted by Gasteiger charge is 2.45. The number of morpholine rings is 1. The molecule has 2 heterocycles. The Morgan fingerprint density at radius 1 is 1.38 bits per heavy atom. The van der Waals surface area contributed by atoms with Gasteiger partial charge in [0.2, 0.25) is 0 Å². The quantitative estimate of drug-likeness (QED) is 0.772. The molecule has 2 rings (SSSR count). The van der Waals surface area contributed by atoms with E-state index >= 15 is 0 Å². The first kappa shape index (κ1) is 12.3. The van der Waals surface area contributed by atoms with E-state index in [0.29, 0.717) is 12.0 Å². The summed E-state index contributed by atoms with van der Waals surface area (Å²) in [5, 5.41) is 3.67. The standard InChI is InChI=1S/C13H26N2O/c1-4-15-8-5-13(6-9-15)12(11(2)3)14-7-10-16-13/h11-12,14H,4-10H2,1-3H3. The number of likely N-dealkylation sites (tertiary alicyclic amines) is 1. The van der Waals surface area contributed by atoms with E-state index in [4.69, 9.17) is 4.74 Å². The van der Waals surface area contributed by atoms with Gasteiger partial charge in [0.15, 0.2) is 0 Å². The molecule has 0 amide bonds. The molecule has 2 aliphatic rings. The predicted molar refractivity (Wildman–Crippen MR) is 66.7 cm³/mol. The number of hydrogen-bond donors (Lipinski definition) is 1. The monoisotopic (exact) mass is 226 g/mol. The van der Waals surface area contributed by atoms with Crippen molar-refractivity contribution in [2.24, 2.45) is 5.92 Å². The number of piperidine rings is 1. The molecule has 2 saturated heterocycles. The summed E-state index contributed by atoms with van der Waals surface area (Å²) < 4.78 is 6.18. The molecule has 0 radical (unpaired) electrons. The van der Waals surface area contributed by atoms with Crippen molar-refractivity contribution in [1.29, 1.82) is 0 Å². The Balaban J connectivity index is 2.04. The summed E-state index contributed by atoms with van der Waals surface area (Å²) in [7, 11) is 0. The topological polar surface area (TPSA) is 24.5 Å². The molecule has 0 saturated carbocycles. The minimum Gasteiger partial charge on any atom is -0.372 e.